The van der Waals surface area contributed by atoms with Crippen LogP contribution < -0.4 is 15.8 Å². The van der Waals surface area contributed by atoms with Gasteiger partial charge in [-0.1, -0.05) is 19.9 Å². The molecule has 2 atom stereocenters. The Morgan fingerprint density at radius 2 is 1.48 bits per heavy atom. The van der Waals surface area contributed by atoms with Gasteiger partial charge >= 0.3 is 12.0 Å². The lowest BCUT2D eigenvalue weighted by molar-refractivity contribution is -0.159. The second-order valence-electron chi connectivity index (χ2n) is 7.39. The first-order chi connectivity index (χ1) is 13.2. The molecule has 0 radical (unpaired) electrons. The van der Waals surface area contributed by atoms with E-state index >= 15 is 0 Å². The second kappa shape index (κ2) is 9.36. The number of urea groups is 1. The molecule has 3 amide bonds. The van der Waals surface area contributed by atoms with Crippen LogP contribution in [0.5, 0.6) is 0 Å². The molecule has 0 aliphatic heterocycles. The van der Waals surface area contributed by atoms with Crippen molar-refractivity contribution in [3.63, 3.8) is 0 Å². The van der Waals surface area contributed by atoms with Crippen LogP contribution in [0.2, 0.25) is 0 Å². The number of nitrogens with two attached hydrogens (primary N) is 1. The Morgan fingerprint density at radius 3 is 1.90 bits per heavy atom. The number of primary amides is 1. The van der Waals surface area contributed by atoms with Crippen molar-refractivity contribution in [1.82, 2.24) is 10.0 Å². The van der Waals surface area contributed by atoms with Crippen molar-refractivity contribution in [2.24, 2.45) is 11.7 Å². The standard InChI is InChI=1S/C19H29N3O6S/c1-9(2)15(17(23)21-19(20)25)28-18(24)14(7)22-29(26,27)16-12(5)10(3)8-11(4)13(16)6/h8-9,14-15,22H,1-7H3,(H3,20,21,23,25)/t14-,15-/m0/s1. The highest BCUT2D eigenvalue weighted by molar-refractivity contribution is 7.89. The van der Waals surface area contributed by atoms with Crippen LogP contribution in [0.4, 0.5) is 4.79 Å². The summed E-state index contributed by atoms with van der Waals surface area (Å²) in [5, 5.41) is 1.85. The Bertz CT molecular complexity index is 898. The zero-order valence-electron chi connectivity index (χ0n) is 17.7. The van der Waals surface area contributed by atoms with Crippen molar-refractivity contribution in [2.75, 3.05) is 0 Å². The lowest BCUT2D eigenvalue weighted by atomic mass is 10.0. The maximum absolute atomic E-state index is 12.9. The highest BCUT2D eigenvalue weighted by atomic mass is 32.2. The van der Waals surface area contributed by atoms with Gasteiger partial charge in [-0.25, -0.2) is 13.2 Å². The molecule has 29 heavy (non-hydrogen) atoms. The maximum Gasteiger partial charge on any atom is 0.324 e. The summed E-state index contributed by atoms with van der Waals surface area (Å²) in [7, 11) is -4.03. The van der Waals surface area contributed by atoms with Crippen molar-refractivity contribution >= 4 is 27.9 Å². The van der Waals surface area contributed by atoms with Gasteiger partial charge in [0.25, 0.3) is 5.91 Å². The van der Waals surface area contributed by atoms with Crippen molar-refractivity contribution in [2.45, 2.75) is 65.5 Å². The average Bonchev–Trinajstić information content (AvgIpc) is 2.56. The van der Waals surface area contributed by atoms with Crippen LogP contribution in [0, 0.1) is 33.6 Å². The summed E-state index contributed by atoms with van der Waals surface area (Å²) in [6, 6.07) is -0.445. The number of amides is 3. The van der Waals surface area contributed by atoms with E-state index in [1.54, 1.807) is 27.7 Å². The molecule has 1 rings (SSSR count). The first kappa shape index (κ1) is 24.6. The molecular weight excluding hydrogens is 398 g/mol. The SMILES string of the molecule is Cc1cc(C)c(C)c(S(=O)(=O)N[C@@H](C)C(=O)O[C@H](C(=O)NC(N)=O)C(C)C)c1C. The summed E-state index contributed by atoms with van der Waals surface area (Å²) in [4.78, 5) is 35.4. The summed E-state index contributed by atoms with van der Waals surface area (Å²) >= 11 is 0. The van der Waals surface area contributed by atoms with Gasteiger partial charge in [0.05, 0.1) is 4.90 Å². The van der Waals surface area contributed by atoms with Gasteiger partial charge in [0, 0.05) is 0 Å². The van der Waals surface area contributed by atoms with Crippen LogP contribution in [0.3, 0.4) is 0 Å². The first-order valence-electron chi connectivity index (χ1n) is 9.09. The molecule has 0 saturated carbocycles. The fourth-order valence-corrected chi connectivity index (χ4v) is 4.64. The number of carbonyl (C=O) groups is 3. The number of aryl methyl sites for hydroxylation is 2. The van der Waals surface area contributed by atoms with E-state index in [1.165, 1.54) is 6.92 Å². The minimum atomic E-state index is -4.03. The molecule has 0 spiro atoms. The van der Waals surface area contributed by atoms with Crippen LogP contribution in [0.1, 0.15) is 43.0 Å². The average molecular weight is 428 g/mol. The van der Waals surface area contributed by atoms with E-state index in [0.717, 1.165) is 11.1 Å². The molecule has 10 heteroatoms. The lowest BCUT2D eigenvalue weighted by Crippen LogP contribution is -2.48. The topological polar surface area (TPSA) is 145 Å². The summed E-state index contributed by atoms with van der Waals surface area (Å²) < 4.78 is 33.3. The molecule has 0 aromatic heterocycles. The predicted octanol–water partition coefficient (Wildman–Crippen LogP) is 1.35. The highest BCUT2D eigenvalue weighted by Crippen LogP contribution is 2.26. The van der Waals surface area contributed by atoms with Crippen LogP contribution in [-0.2, 0) is 24.3 Å². The summed E-state index contributed by atoms with van der Waals surface area (Å²) in [5.74, 6) is -2.30. The van der Waals surface area contributed by atoms with Crippen molar-refractivity contribution in [3.8, 4) is 0 Å². The number of nitrogens with one attached hydrogen (secondary N) is 2. The number of sulfonamides is 1. The molecule has 0 saturated heterocycles. The zero-order chi connectivity index (χ0) is 22.7. The van der Waals surface area contributed by atoms with Gasteiger partial charge in [0.2, 0.25) is 10.0 Å². The van der Waals surface area contributed by atoms with E-state index in [-0.39, 0.29) is 4.90 Å². The molecule has 1 aromatic carbocycles. The van der Waals surface area contributed by atoms with Gasteiger partial charge in [-0.3, -0.25) is 14.9 Å². The Morgan fingerprint density at radius 1 is 1.00 bits per heavy atom. The quantitative estimate of drug-likeness (QED) is 0.560. The van der Waals surface area contributed by atoms with E-state index in [9.17, 15) is 22.8 Å². The molecule has 1 aromatic rings. The smallest absolute Gasteiger partial charge is 0.324 e. The molecule has 9 nitrogen and oxygen atoms in total. The van der Waals surface area contributed by atoms with Crippen LogP contribution >= 0.6 is 0 Å². The molecule has 0 fully saturated rings. The Hall–Kier alpha value is -2.46. The Balaban J connectivity index is 3.08. The number of benzene rings is 1. The van der Waals surface area contributed by atoms with Gasteiger partial charge in [0.1, 0.15) is 6.04 Å². The Kier molecular flexibility index (Phi) is 7.93. The van der Waals surface area contributed by atoms with Crippen molar-refractivity contribution in [3.05, 3.63) is 28.3 Å². The van der Waals surface area contributed by atoms with E-state index in [4.69, 9.17) is 10.5 Å². The van der Waals surface area contributed by atoms with Crippen molar-refractivity contribution < 1.29 is 27.5 Å². The minimum Gasteiger partial charge on any atom is -0.451 e. The van der Waals surface area contributed by atoms with Gasteiger partial charge in [0.15, 0.2) is 6.10 Å². The molecule has 0 aliphatic rings. The summed E-state index contributed by atoms with van der Waals surface area (Å²) in [6.07, 6.45) is -1.30. The number of carbonyl (C=O) groups excluding carboxylic acids is 3. The van der Waals surface area contributed by atoms with Gasteiger partial charge in [-0.05, 0) is 62.8 Å². The van der Waals surface area contributed by atoms with Crippen LogP contribution in [0.25, 0.3) is 0 Å². The molecule has 162 valence electrons. The fraction of sp³-hybridized carbons (Fsp3) is 0.526. The van der Waals surface area contributed by atoms with Gasteiger partial charge in [-0.15, -0.1) is 0 Å². The fourth-order valence-electron chi connectivity index (χ4n) is 2.84. The normalized spacial score (nSPS) is 13.7. The molecule has 0 bridgehead atoms. The second-order valence-corrected chi connectivity index (χ2v) is 9.04. The number of hydrogen-bond donors (Lipinski definition) is 3. The number of rotatable bonds is 7. The monoisotopic (exact) mass is 427 g/mol. The molecular formula is C19H29N3O6S. The maximum atomic E-state index is 12.9. The van der Waals surface area contributed by atoms with Crippen LogP contribution in [-0.4, -0.2) is 38.5 Å². The number of hydrogen-bond acceptors (Lipinski definition) is 6. The highest BCUT2D eigenvalue weighted by Gasteiger charge is 2.32. The molecule has 0 aliphatic carbocycles. The van der Waals surface area contributed by atoms with Crippen molar-refractivity contribution in [1.29, 1.82) is 0 Å². The Labute approximate surface area is 171 Å². The number of ether oxygens (including phenoxy) is 1. The number of imide groups is 1. The summed E-state index contributed by atoms with van der Waals surface area (Å²) in [5.41, 5.74) is 7.71. The largest absolute Gasteiger partial charge is 0.451 e. The third-order valence-corrected chi connectivity index (χ3v) is 6.42. The van der Waals surface area contributed by atoms with E-state index in [1.807, 2.05) is 25.2 Å². The van der Waals surface area contributed by atoms with E-state index in [2.05, 4.69) is 4.72 Å². The third-order valence-electron chi connectivity index (χ3n) is 4.60. The van der Waals surface area contributed by atoms with Gasteiger partial charge < -0.3 is 10.5 Å². The molecule has 4 N–H and O–H groups in total. The van der Waals surface area contributed by atoms with E-state index in [0.29, 0.717) is 11.1 Å². The third kappa shape index (κ3) is 6.01. The number of esters is 1. The summed E-state index contributed by atoms with van der Waals surface area (Å²) in [6.45, 7) is 11.5. The first-order valence-corrected chi connectivity index (χ1v) is 10.6. The molecule has 0 heterocycles. The minimum absolute atomic E-state index is 0.113. The zero-order valence-corrected chi connectivity index (χ0v) is 18.6. The van der Waals surface area contributed by atoms with Gasteiger partial charge in [-0.2, -0.15) is 4.72 Å². The van der Waals surface area contributed by atoms with Crippen LogP contribution in [0.15, 0.2) is 11.0 Å². The molecule has 0 unspecified atom stereocenters. The van der Waals surface area contributed by atoms with E-state index < -0.39 is 46.0 Å². The lowest BCUT2D eigenvalue weighted by Gasteiger charge is -2.23. The predicted molar refractivity (Wildman–Crippen MR) is 108 cm³/mol.